The fourth-order valence-corrected chi connectivity index (χ4v) is 3.24. The Morgan fingerprint density at radius 2 is 1.94 bits per heavy atom. The molecule has 10 heteroatoms. The minimum absolute atomic E-state index is 0.0223. The molecule has 2 heterocycles. The van der Waals surface area contributed by atoms with E-state index in [4.69, 9.17) is 23.7 Å². The van der Waals surface area contributed by atoms with E-state index in [0.29, 0.717) is 5.75 Å². The average Bonchev–Trinajstić information content (AvgIpc) is 2.76. The van der Waals surface area contributed by atoms with Crippen LogP contribution in [0.1, 0.15) is 0 Å². The number of aliphatic hydroxyl groups is 4. The summed E-state index contributed by atoms with van der Waals surface area (Å²) in [5.74, 6) is -0.0128. The monoisotopic (exact) mass is 432 g/mol. The van der Waals surface area contributed by atoms with Gasteiger partial charge >= 0.3 is 0 Å². The molecule has 0 radical (unpaired) electrons. The highest BCUT2D eigenvalue weighted by Gasteiger charge is 2.39. The lowest BCUT2D eigenvalue weighted by atomic mass is 10.1. The van der Waals surface area contributed by atoms with Gasteiger partial charge in [-0.3, -0.25) is 4.79 Å². The topological polar surface area (TPSA) is 159 Å². The van der Waals surface area contributed by atoms with Crippen LogP contribution in [0.25, 0.3) is 21.9 Å². The van der Waals surface area contributed by atoms with Crippen molar-refractivity contribution in [2.45, 2.75) is 24.6 Å². The number of fused-ring (bicyclic) bond motifs is 2. The van der Waals surface area contributed by atoms with E-state index in [1.54, 1.807) is 0 Å². The predicted molar refractivity (Wildman–Crippen MR) is 107 cm³/mol. The van der Waals surface area contributed by atoms with E-state index in [9.17, 15) is 25.2 Å². The Kier molecular flexibility index (Phi) is 5.81. The highest BCUT2D eigenvalue weighted by atomic mass is 16.7. The first kappa shape index (κ1) is 21.1. The van der Waals surface area contributed by atoms with E-state index < -0.39 is 30.0 Å². The summed E-state index contributed by atoms with van der Waals surface area (Å²) in [5.41, 5.74) is -0.474. The minimum Gasteiger partial charge on any atom is -0.507 e. The fraction of sp³-hybridized carbons (Fsp3) is 0.286. The first-order valence-electron chi connectivity index (χ1n) is 9.38. The van der Waals surface area contributed by atoms with Gasteiger partial charge in [-0.05, 0) is 30.3 Å². The number of benzene rings is 2. The molecule has 1 aliphatic rings. The highest BCUT2D eigenvalue weighted by Crippen LogP contribution is 2.35. The molecule has 4 rings (SSSR count). The Balaban J connectivity index is 1.79. The molecule has 1 fully saturated rings. The first-order valence-corrected chi connectivity index (χ1v) is 9.38. The highest BCUT2D eigenvalue weighted by molar-refractivity contribution is 5.96. The summed E-state index contributed by atoms with van der Waals surface area (Å²) in [5, 5.41) is 48.6. The van der Waals surface area contributed by atoms with Crippen molar-refractivity contribution in [1.29, 1.82) is 0 Å². The normalized spacial score (nSPS) is 24.1. The summed E-state index contributed by atoms with van der Waals surface area (Å²) in [6.07, 6.45) is -3.00. The van der Waals surface area contributed by atoms with Gasteiger partial charge in [0.15, 0.2) is 11.3 Å². The molecule has 0 amide bonds. The molecule has 1 saturated heterocycles. The van der Waals surface area contributed by atoms with Gasteiger partial charge in [-0.1, -0.05) is 0 Å². The Hall–Kier alpha value is -3.15. The quantitative estimate of drug-likeness (QED) is 0.281. The molecule has 164 valence electrons. The number of hydrogen-bond donors (Lipinski definition) is 5. The zero-order valence-electron chi connectivity index (χ0n) is 16.0. The molecule has 2 aromatic carbocycles. The molecule has 1 aliphatic heterocycles. The molecule has 0 bridgehead atoms. The third-order valence-electron chi connectivity index (χ3n) is 4.84. The maximum atomic E-state index is 13.0. The van der Waals surface area contributed by atoms with Crippen molar-refractivity contribution >= 4 is 21.9 Å². The van der Waals surface area contributed by atoms with Crippen molar-refractivity contribution in [3.8, 4) is 17.2 Å². The molecule has 0 aliphatic carbocycles. The van der Waals surface area contributed by atoms with Crippen molar-refractivity contribution in [1.82, 2.24) is 0 Å². The summed E-state index contributed by atoms with van der Waals surface area (Å²) in [4.78, 5) is 13.0. The zero-order chi connectivity index (χ0) is 22.1. The number of hydrogen-bond acceptors (Lipinski definition) is 10. The molecule has 10 nitrogen and oxygen atoms in total. The molecule has 31 heavy (non-hydrogen) atoms. The summed E-state index contributed by atoms with van der Waals surface area (Å²) >= 11 is 0. The number of phenolic OH excluding ortho intramolecular Hbond substituents is 1. The Labute approximate surface area is 174 Å². The lowest BCUT2D eigenvalue weighted by Crippen LogP contribution is -2.54. The molecule has 0 saturated carbocycles. The van der Waals surface area contributed by atoms with Gasteiger partial charge in [0.1, 0.15) is 40.8 Å². The number of aliphatic hydroxyl groups excluding tert-OH is 4. The molecule has 4 unspecified atom stereocenters. The lowest BCUT2D eigenvalue weighted by molar-refractivity contribution is -0.241. The molecular formula is C21H20O10. The van der Waals surface area contributed by atoms with Gasteiger partial charge in [0.05, 0.1) is 24.9 Å². The van der Waals surface area contributed by atoms with E-state index >= 15 is 0 Å². The largest absolute Gasteiger partial charge is 0.507 e. The van der Waals surface area contributed by atoms with E-state index in [1.807, 2.05) is 0 Å². The summed E-state index contributed by atoms with van der Waals surface area (Å²) in [7, 11) is 0. The van der Waals surface area contributed by atoms with Crippen molar-refractivity contribution in [3.63, 3.8) is 0 Å². The van der Waals surface area contributed by atoms with E-state index in [2.05, 4.69) is 0 Å². The maximum absolute atomic E-state index is 13.0. The van der Waals surface area contributed by atoms with Gasteiger partial charge in [0.25, 0.3) is 0 Å². The van der Waals surface area contributed by atoms with Crippen molar-refractivity contribution < 1.29 is 44.2 Å². The van der Waals surface area contributed by atoms with Crippen molar-refractivity contribution in [3.05, 3.63) is 52.9 Å². The third kappa shape index (κ3) is 3.94. The van der Waals surface area contributed by atoms with Crippen LogP contribution in [0, 0.1) is 0 Å². The second kappa shape index (κ2) is 8.53. The molecule has 1 aromatic heterocycles. The van der Waals surface area contributed by atoms with Crippen LogP contribution >= 0.6 is 0 Å². The summed E-state index contributed by atoms with van der Waals surface area (Å²) < 4.78 is 22.0. The van der Waals surface area contributed by atoms with Crippen LogP contribution in [0.15, 0.2) is 51.9 Å². The minimum atomic E-state index is -1.56. The third-order valence-corrected chi connectivity index (χ3v) is 4.84. The summed E-state index contributed by atoms with van der Waals surface area (Å²) in [6, 6.07) is 7.02. The zero-order valence-corrected chi connectivity index (χ0v) is 16.0. The molecule has 5 N–H and O–H groups in total. The standard InChI is InChI=1S/C21H20O10/c22-6-1-7-28-10-2-3-11-15(8-10)30-20-14(5-4-12(23)16(20)17(11)25)31-21-19(27)18(26)13(24)9-29-21/h1-5,7-8,13,18-19,21-24,26-27H,6,9H2. The molecule has 3 aromatic rings. The van der Waals surface area contributed by atoms with Gasteiger partial charge in [-0.15, -0.1) is 0 Å². The van der Waals surface area contributed by atoms with Crippen LogP contribution < -0.4 is 14.9 Å². The van der Waals surface area contributed by atoms with Gasteiger partial charge in [-0.25, -0.2) is 0 Å². The summed E-state index contributed by atoms with van der Waals surface area (Å²) in [6.45, 7) is -0.470. The molecule has 0 spiro atoms. The van der Waals surface area contributed by atoms with Gasteiger partial charge in [-0.2, -0.15) is 0 Å². The van der Waals surface area contributed by atoms with Gasteiger partial charge < -0.3 is 44.2 Å². The van der Waals surface area contributed by atoms with Crippen LogP contribution in [0.5, 0.6) is 17.2 Å². The number of phenols is 1. The number of ether oxygens (including phenoxy) is 3. The lowest BCUT2D eigenvalue weighted by Gasteiger charge is -2.34. The second-order valence-electron chi connectivity index (χ2n) is 6.92. The first-order chi connectivity index (χ1) is 14.9. The van der Waals surface area contributed by atoms with Gasteiger partial charge in [0.2, 0.25) is 11.7 Å². The average molecular weight is 432 g/mol. The predicted octanol–water partition coefficient (Wildman–Crippen LogP) is 0.354. The van der Waals surface area contributed by atoms with Crippen LogP contribution in [-0.2, 0) is 4.74 Å². The number of aromatic hydroxyl groups is 1. The van der Waals surface area contributed by atoms with Crippen LogP contribution in [0.4, 0.5) is 0 Å². The van der Waals surface area contributed by atoms with Crippen LogP contribution in [-0.4, -0.2) is 63.3 Å². The number of rotatable bonds is 5. The van der Waals surface area contributed by atoms with Crippen LogP contribution in [0.2, 0.25) is 0 Å². The van der Waals surface area contributed by atoms with Crippen molar-refractivity contribution in [2.24, 2.45) is 0 Å². The van der Waals surface area contributed by atoms with Gasteiger partial charge in [0, 0.05) is 6.07 Å². The fourth-order valence-electron chi connectivity index (χ4n) is 3.24. The molecule has 4 atom stereocenters. The maximum Gasteiger partial charge on any atom is 0.229 e. The second-order valence-corrected chi connectivity index (χ2v) is 6.92. The van der Waals surface area contributed by atoms with Crippen LogP contribution in [0.3, 0.4) is 0 Å². The van der Waals surface area contributed by atoms with E-state index in [1.165, 1.54) is 42.7 Å². The van der Waals surface area contributed by atoms with E-state index in [0.717, 1.165) is 0 Å². The van der Waals surface area contributed by atoms with Crippen molar-refractivity contribution in [2.75, 3.05) is 13.2 Å². The van der Waals surface area contributed by atoms with E-state index in [-0.39, 0.29) is 46.7 Å². The Morgan fingerprint density at radius 3 is 2.71 bits per heavy atom. The Morgan fingerprint density at radius 1 is 1.13 bits per heavy atom. The SMILES string of the molecule is O=c1c2ccc(OC=CCO)cc2oc2c(OC3OCC(O)C(O)C3O)ccc(O)c12. The smallest absolute Gasteiger partial charge is 0.229 e. The molecular weight excluding hydrogens is 412 g/mol. The Bertz CT molecular complexity index is 1180.